The third kappa shape index (κ3) is 4.15. The molecule has 5 nitrogen and oxygen atoms in total. The highest BCUT2D eigenvalue weighted by Gasteiger charge is 2.07. The van der Waals surface area contributed by atoms with Gasteiger partial charge < -0.3 is 10.6 Å². The van der Waals surface area contributed by atoms with Crippen LogP contribution >= 0.6 is 0 Å². The van der Waals surface area contributed by atoms with Crippen LogP contribution in [0.4, 0.5) is 17.2 Å². The Balaban J connectivity index is 2.06. The normalized spacial score (nSPS) is 10.4. The van der Waals surface area contributed by atoms with Gasteiger partial charge in [-0.1, -0.05) is 26.0 Å². The number of rotatable bonds is 5. The van der Waals surface area contributed by atoms with Crippen molar-refractivity contribution in [1.29, 1.82) is 0 Å². The molecule has 0 saturated heterocycles. The minimum atomic E-state index is -0.0890. The van der Waals surface area contributed by atoms with E-state index in [9.17, 15) is 9.59 Å². The highest BCUT2D eigenvalue weighted by molar-refractivity contribution is 5.95. The number of benzene rings is 1. The molecule has 0 aliphatic carbocycles. The molecule has 0 fully saturated rings. The van der Waals surface area contributed by atoms with Crippen LogP contribution in [0.1, 0.15) is 31.1 Å². The first-order valence-electron chi connectivity index (χ1n) is 7.10. The predicted octanol–water partition coefficient (Wildman–Crippen LogP) is 3.62. The first kappa shape index (κ1) is 15.7. The summed E-state index contributed by atoms with van der Waals surface area (Å²) in [6.45, 7) is 5.19. The number of Topliss-reactive ketones (excluding diaryl/α,β-unsaturated/α-hetero) is 1. The van der Waals surface area contributed by atoms with Gasteiger partial charge in [-0.25, -0.2) is 4.98 Å². The summed E-state index contributed by atoms with van der Waals surface area (Å²) in [6.07, 6.45) is 1.64. The maximum absolute atomic E-state index is 11.6. The molecule has 0 radical (unpaired) electrons. The van der Waals surface area contributed by atoms with Gasteiger partial charge in [0.2, 0.25) is 5.91 Å². The number of hydrogen-bond donors (Lipinski definition) is 2. The van der Waals surface area contributed by atoms with Gasteiger partial charge in [0.1, 0.15) is 5.82 Å². The van der Waals surface area contributed by atoms with Crippen molar-refractivity contribution in [2.75, 3.05) is 10.6 Å². The predicted molar refractivity (Wildman–Crippen MR) is 87.4 cm³/mol. The topological polar surface area (TPSA) is 71.1 Å². The highest BCUT2D eigenvalue weighted by atomic mass is 16.2. The van der Waals surface area contributed by atoms with Gasteiger partial charge >= 0.3 is 0 Å². The first-order valence-corrected chi connectivity index (χ1v) is 7.10. The van der Waals surface area contributed by atoms with Crippen molar-refractivity contribution < 1.29 is 9.59 Å². The second-order valence-corrected chi connectivity index (χ2v) is 5.34. The Morgan fingerprint density at radius 2 is 1.86 bits per heavy atom. The van der Waals surface area contributed by atoms with Gasteiger partial charge in [-0.3, -0.25) is 9.59 Å². The molecule has 22 heavy (non-hydrogen) atoms. The van der Waals surface area contributed by atoms with Gasteiger partial charge in [-0.2, -0.15) is 0 Å². The van der Waals surface area contributed by atoms with Crippen molar-refractivity contribution in [3.63, 3.8) is 0 Å². The van der Waals surface area contributed by atoms with E-state index in [-0.39, 0.29) is 17.6 Å². The smallest absolute Gasteiger partial charge is 0.228 e. The molecule has 2 N–H and O–H groups in total. The molecule has 1 aromatic carbocycles. The number of carbonyl (C=O) groups is 2. The standard InChI is InChI=1S/C17H19N3O2/c1-11(2)17(22)20-16-8-7-15(10-18-16)19-14-6-4-5-13(9-14)12(3)21/h4-11,19H,1-3H3,(H,18,20,22). The van der Waals surface area contributed by atoms with E-state index in [1.807, 2.05) is 32.0 Å². The van der Waals surface area contributed by atoms with E-state index in [4.69, 9.17) is 0 Å². The largest absolute Gasteiger partial charge is 0.354 e. The lowest BCUT2D eigenvalue weighted by Crippen LogP contribution is -2.18. The zero-order chi connectivity index (χ0) is 16.1. The third-order valence-corrected chi connectivity index (χ3v) is 3.10. The molecular weight excluding hydrogens is 278 g/mol. The van der Waals surface area contributed by atoms with Gasteiger partial charge in [-0.05, 0) is 31.2 Å². The fraction of sp³-hybridized carbons (Fsp3) is 0.235. The lowest BCUT2D eigenvalue weighted by molar-refractivity contribution is -0.118. The number of amides is 1. The number of ketones is 1. The Bertz CT molecular complexity index is 679. The van der Waals surface area contributed by atoms with E-state index in [1.54, 1.807) is 24.4 Å². The summed E-state index contributed by atoms with van der Waals surface area (Å²) in [5, 5.41) is 5.91. The number of carbonyl (C=O) groups excluding carboxylic acids is 2. The molecule has 1 amide bonds. The van der Waals surface area contributed by atoms with Crippen LogP contribution in [-0.4, -0.2) is 16.7 Å². The number of anilines is 3. The summed E-state index contributed by atoms with van der Waals surface area (Å²) < 4.78 is 0. The fourth-order valence-corrected chi connectivity index (χ4v) is 1.79. The van der Waals surface area contributed by atoms with Crippen LogP contribution in [0.25, 0.3) is 0 Å². The molecule has 0 saturated carbocycles. The van der Waals surface area contributed by atoms with Gasteiger partial charge in [0, 0.05) is 17.2 Å². The van der Waals surface area contributed by atoms with Gasteiger partial charge in [0.15, 0.2) is 5.78 Å². The minimum Gasteiger partial charge on any atom is -0.354 e. The van der Waals surface area contributed by atoms with Crippen molar-refractivity contribution >= 4 is 28.9 Å². The first-order chi connectivity index (χ1) is 10.5. The molecule has 114 valence electrons. The highest BCUT2D eigenvalue weighted by Crippen LogP contribution is 2.18. The zero-order valence-electron chi connectivity index (χ0n) is 12.9. The Kier molecular flexibility index (Phi) is 4.88. The molecule has 1 heterocycles. The SMILES string of the molecule is CC(=O)c1cccc(Nc2ccc(NC(=O)C(C)C)nc2)c1. The van der Waals surface area contributed by atoms with E-state index in [0.717, 1.165) is 11.4 Å². The van der Waals surface area contributed by atoms with Gasteiger partial charge in [0.25, 0.3) is 0 Å². The second kappa shape index (κ2) is 6.85. The summed E-state index contributed by atoms with van der Waals surface area (Å²) in [5.74, 6) is 0.381. The Morgan fingerprint density at radius 1 is 1.09 bits per heavy atom. The van der Waals surface area contributed by atoms with Crippen LogP contribution < -0.4 is 10.6 Å². The summed E-state index contributed by atoms with van der Waals surface area (Å²) in [6, 6.07) is 10.8. The average molecular weight is 297 g/mol. The number of aromatic nitrogens is 1. The van der Waals surface area contributed by atoms with E-state index in [0.29, 0.717) is 11.4 Å². The van der Waals surface area contributed by atoms with Crippen molar-refractivity contribution in [3.8, 4) is 0 Å². The van der Waals surface area contributed by atoms with Crippen molar-refractivity contribution in [3.05, 3.63) is 48.2 Å². The number of nitrogens with one attached hydrogen (secondary N) is 2. The van der Waals surface area contributed by atoms with Gasteiger partial charge in [-0.15, -0.1) is 0 Å². The minimum absolute atomic E-state index is 0.0218. The van der Waals surface area contributed by atoms with E-state index >= 15 is 0 Å². The molecule has 2 aromatic rings. The van der Waals surface area contributed by atoms with Crippen LogP contribution in [0.15, 0.2) is 42.6 Å². The maximum atomic E-state index is 11.6. The lowest BCUT2D eigenvalue weighted by atomic mass is 10.1. The van der Waals surface area contributed by atoms with Crippen LogP contribution in [-0.2, 0) is 4.79 Å². The van der Waals surface area contributed by atoms with Crippen LogP contribution in [0.5, 0.6) is 0 Å². The fourth-order valence-electron chi connectivity index (χ4n) is 1.79. The average Bonchev–Trinajstić information content (AvgIpc) is 2.49. The molecule has 2 rings (SSSR count). The summed E-state index contributed by atoms with van der Waals surface area (Å²) in [4.78, 5) is 27.2. The van der Waals surface area contributed by atoms with Crippen molar-refractivity contribution in [1.82, 2.24) is 4.98 Å². The van der Waals surface area contributed by atoms with Crippen molar-refractivity contribution in [2.45, 2.75) is 20.8 Å². The summed E-state index contributed by atoms with van der Waals surface area (Å²) in [5.41, 5.74) is 2.25. The summed E-state index contributed by atoms with van der Waals surface area (Å²) in [7, 11) is 0. The molecule has 1 aromatic heterocycles. The van der Waals surface area contributed by atoms with Gasteiger partial charge in [0.05, 0.1) is 11.9 Å². The summed E-state index contributed by atoms with van der Waals surface area (Å²) >= 11 is 0. The number of hydrogen-bond acceptors (Lipinski definition) is 4. The lowest BCUT2D eigenvalue weighted by Gasteiger charge is -2.09. The molecule has 5 heteroatoms. The molecule has 0 unspecified atom stereocenters. The molecule has 0 bridgehead atoms. The Labute approximate surface area is 129 Å². The molecular formula is C17H19N3O2. The zero-order valence-corrected chi connectivity index (χ0v) is 12.9. The Hall–Kier alpha value is -2.69. The monoisotopic (exact) mass is 297 g/mol. The number of pyridine rings is 1. The van der Waals surface area contributed by atoms with Crippen molar-refractivity contribution in [2.24, 2.45) is 5.92 Å². The van der Waals surface area contributed by atoms with Crippen LogP contribution in [0, 0.1) is 5.92 Å². The molecule has 0 aliphatic rings. The molecule has 0 atom stereocenters. The third-order valence-electron chi connectivity index (χ3n) is 3.10. The number of nitrogens with zero attached hydrogens (tertiary/aromatic N) is 1. The van der Waals surface area contributed by atoms with E-state index in [1.165, 1.54) is 6.92 Å². The molecule has 0 spiro atoms. The van der Waals surface area contributed by atoms with Crippen LogP contribution in [0.3, 0.4) is 0 Å². The molecule has 0 aliphatic heterocycles. The van der Waals surface area contributed by atoms with E-state index < -0.39 is 0 Å². The Morgan fingerprint density at radius 3 is 2.45 bits per heavy atom. The van der Waals surface area contributed by atoms with E-state index in [2.05, 4.69) is 15.6 Å². The maximum Gasteiger partial charge on any atom is 0.228 e. The second-order valence-electron chi connectivity index (χ2n) is 5.34. The van der Waals surface area contributed by atoms with Crippen LogP contribution in [0.2, 0.25) is 0 Å². The quantitative estimate of drug-likeness (QED) is 0.827.